The number of rotatable bonds is 10. The minimum absolute atomic E-state index is 0.0276. The molecule has 39 heavy (non-hydrogen) atoms. The van der Waals surface area contributed by atoms with Crippen molar-refractivity contribution in [1.29, 1.82) is 0 Å². The number of aliphatic hydroxyl groups is 1. The lowest BCUT2D eigenvalue weighted by Crippen LogP contribution is -2.29. The minimum Gasteiger partial charge on any atom is -0.507 e. The summed E-state index contributed by atoms with van der Waals surface area (Å²) in [5, 5.41) is 11.5. The van der Waals surface area contributed by atoms with E-state index in [1.165, 1.54) is 24.1 Å². The maximum Gasteiger partial charge on any atom is 0.295 e. The molecule has 1 heterocycles. The Morgan fingerprint density at radius 2 is 1.74 bits per heavy atom. The summed E-state index contributed by atoms with van der Waals surface area (Å²) < 4.78 is 30.5. The second-order valence-electron chi connectivity index (χ2n) is 9.63. The van der Waals surface area contributed by atoms with Crippen molar-refractivity contribution < 1.29 is 33.3 Å². The number of aliphatic hydroxyl groups excluding tert-OH is 1. The molecule has 1 aliphatic heterocycles. The smallest absolute Gasteiger partial charge is 0.295 e. The number of benzene rings is 3. The van der Waals surface area contributed by atoms with Crippen molar-refractivity contribution in [2.75, 3.05) is 20.3 Å². The Bertz CT molecular complexity index is 1380. The molecule has 8 heteroatoms. The second-order valence-corrected chi connectivity index (χ2v) is 9.63. The highest BCUT2D eigenvalue weighted by Gasteiger charge is 2.46. The molecular weight excluding hydrogens is 501 g/mol. The van der Waals surface area contributed by atoms with Crippen molar-refractivity contribution in [3.63, 3.8) is 0 Å². The van der Waals surface area contributed by atoms with E-state index in [2.05, 4.69) is 0 Å². The Morgan fingerprint density at radius 1 is 1.00 bits per heavy atom. The van der Waals surface area contributed by atoms with Crippen LogP contribution in [0.1, 0.15) is 43.5 Å². The number of hydrogen-bond acceptors (Lipinski definition) is 6. The molecule has 0 radical (unpaired) electrons. The third-order valence-electron chi connectivity index (χ3n) is 6.30. The Kier molecular flexibility index (Phi) is 8.54. The summed E-state index contributed by atoms with van der Waals surface area (Å²) in [6.45, 7) is 6.77. The number of ketones is 1. The molecule has 3 aromatic carbocycles. The minimum atomic E-state index is -0.930. The van der Waals surface area contributed by atoms with Gasteiger partial charge < -0.3 is 24.2 Å². The van der Waals surface area contributed by atoms with Gasteiger partial charge in [0.2, 0.25) is 0 Å². The highest BCUT2D eigenvalue weighted by molar-refractivity contribution is 6.46. The SMILES string of the molecule is CCOc1cc(C2/C(=C(/O)c3cccc(OCC(C)C)c3)C(=O)C(=O)N2Cc2ccc(F)cc2)ccc1OC. The maximum atomic E-state index is 13.5. The van der Waals surface area contributed by atoms with E-state index in [0.29, 0.717) is 53.1 Å². The number of amides is 1. The second kappa shape index (κ2) is 12.0. The first-order valence-electron chi connectivity index (χ1n) is 12.8. The summed E-state index contributed by atoms with van der Waals surface area (Å²) in [4.78, 5) is 28.2. The van der Waals surface area contributed by atoms with Crippen LogP contribution in [0.5, 0.6) is 17.2 Å². The predicted octanol–water partition coefficient (Wildman–Crippen LogP) is 5.89. The molecule has 3 aromatic rings. The van der Waals surface area contributed by atoms with Gasteiger partial charge in [0, 0.05) is 12.1 Å². The van der Waals surface area contributed by atoms with Crippen LogP contribution in [-0.2, 0) is 16.1 Å². The Hall–Kier alpha value is -4.33. The Balaban J connectivity index is 1.84. The Morgan fingerprint density at radius 3 is 2.41 bits per heavy atom. The van der Waals surface area contributed by atoms with E-state index in [-0.39, 0.29) is 17.9 Å². The highest BCUT2D eigenvalue weighted by Crippen LogP contribution is 2.43. The average Bonchev–Trinajstić information content (AvgIpc) is 3.18. The van der Waals surface area contributed by atoms with Gasteiger partial charge >= 0.3 is 0 Å². The van der Waals surface area contributed by atoms with Crippen LogP contribution >= 0.6 is 0 Å². The lowest BCUT2D eigenvalue weighted by atomic mass is 9.94. The van der Waals surface area contributed by atoms with Gasteiger partial charge in [0.05, 0.1) is 31.9 Å². The molecule has 1 saturated heterocycles. The van der Waals surface area contributed by atoms with E-state index in [4.69, 9.17) is 14.2 Å². The van der Waals surface area contributed by atoms with Crippen LogP contribution in [-0.4, -0.2) is 42.0 Å². The van der Waals surface area contributed by atoms with Crippen LogP contribution in [0.25, 0.3) is 5.76 Å². The third-order valence-corrected chi connectivity index (χ3v) is 6.30. The van der Waals surface area contributed by atoms with Gasteiger partial charge in [0.25, 0.3) is 11.7 Å². The van der Waals surface area contributed by atoms with E-state index in [1.807, 2.05) is 20.8 Å². The van der Waals surface area contributed by atoms with E-state index in [9.17, 15) is 19.1 Å². The van der Waals surface area contributed by atoms with Gasteiger partial charge in [-0.25, -0.2) is 4.39 Å². The molecule has 1 atom stereocenters. The fourth-order valence-electron chi connectivity index (χ4n) is 4.46. The van der Waals surface area contributed by atoms with Crippen LogP contribution in [0.4, 0.5) is 4.39 Å². The molecule has 7 nitrogen and oxygen atoms in total. The van der Waals surface area contributed by atoms with Crippen LogP contribution in [0.3, 0.4) is 0 Å². The summed E-state index contributed by atoms with van der Waals surface area (Å²) in [6.07, 6.45) is 0. The quantitative estimate of drug-likeness (QED) is 0.199. The first-order chi connectivity index (χ1) is 18.7. The summed E-state index contributed by atoms with van der Waals surface area (Å²) in [5.41, 5.74) is 1.47. The van der Waals surface area contributed by atoms with E-state index in [1.54, 1.807) is 54.6 Å². The number of likely N-dealkylation sites (tertiary alicyclic amines) is 1. The Labute approximate surface area is 227 Å². The molecule has 1 amide bonds. The van der Waals surface area contributed by atoms with Crippen LogP contribution in [0.15, 0.2) is 72.3 Å². The molecule has 1 N–H and O–H groups in total. The number of carbonyl (C=O) groups excluding carboxylic acids is 2. The number of hydrogen-bond donors (Lipinski definition) is 1. The monoisotopic (exact) mass is 533 g/mol. The van der Waals surface area contributed by atoms with Gasteiger partial charge in [0.15, 0.2) is 11.5 Å². The summed E-state index contributed by atoms with van der Waals surface area (Å²) in [7, 11) is 1.52. The molecule has 1 fully saturated rings. The molecule has 1 unspecified atom stereocenters. The lowest BCUT2D eigenvalue weighted by molar-refractivity contribution is -0.140. The van der Waals surface area contributed by atoms with Crippen molar-refractivity contribution in [3.05, 3.63) is 94.8 Å². The standard InChI is InChI=1S/C31H32FNO6/c1-5-38-26-16-21(11-14-25(26)37-4)28-27(29(34)22-7-6-8-24(15-22)39-18-19(2)3)30(35)31(36)33(28)17-20-9-12-23(32)13-10-20/h6-16,19,28,34H,5,17-18H2,1-4H3/b29-27-. The van der Waals surface area contributed by atoms with Gasteiger partial charge in [-0.3, -0.25) is 9.59 Å². The van der Waals surface area contributed by atoms with Gasteiger partial charge in [-0.05, 0) is 60.4 Å². The molecular formula is C31H32FNO6. The van der Waals surface area contributed by atoms with Crippen molar-refractivity contribution in [2.24, 2.45) is 5.92 Å². The fourth-order valence-corrected chi connectivity index (χ4v) is 4.46. The first-order valence-corrected chi connectivity index (χ1v) is 12.8. The van der Waals surface area contributed by atoms with E-state index < -0.39 is 23.5 Å². The van der Waals surface area contributed by atoms with Crippen LogP contribution < -0.4 is 14.2 Å². The molecule has 0 aliphatic carbocycles. The van der Waals surface area contributed by atoms with Gasteiger partial charge in [0.1, 0.15) is 17.3 Å². The summed E-state index contributed by atoms with van der Waals surface area (Å²) >= 11 is 0. The zero-order valence-electron chi connectivity index (χ0n) is 22.4. The highest BCUT2D eigenvalue weighted by atomic mass is 19.1. The van der Waals surface area contributed by atoms with E-state index >= 15 is 0 Å². The molecule has 0 spiro atoms. The van der Waals surface area contributed by atoms with Crippen molar-refractivity contribution in [2.45, 2.75) is 33.4 Å². The van der Waals surface area contributed by atoms with Crippen LogP contribution in [0.2, 0.25) is 0 Å². The number of ether oxygens (including phenoxy) is 3. The van der Waals surface area contributed by atoms with E-state index in [0.717, 1.165) is 0 Å². The number of carbonyl (C=O) groups is 2. The predicted molar refractivity (Wildman–Crippen MR) is 145 cm³/mol. The molecule has 1 aliphatic rings. The topological polar surface area (TPSA) is 85.3 Å². The third kappa shape index (κ3) is 6.06. The molecule has 0 bridgehead atoms. The number of nitrogens with zero attached hydrogens (tertiary/aromatic N) is 1. The van der Waals surface area contributed by atoms with Crippen LogP contribution in [0, 0.1) is 11.7 Å². The normalized spacial score (nSPS) is 16.6. The van der Waals surface area contributed by atoms with Gasteiger partial charge in [-0.1, -0.05) is 44.2 Å². The molecule has 0 saturated carbocycles. The fraction of sp³-hybridized carbons (Fsp3) is 0.290. The van der Waals surface area contributed by atoms with Crippen molar-refractivity contribution in [1.82, 2.24) is 4.90 Å². The number of halogens is 1. The molecule has 0 aromatic heterocycles. The zero-order valence-corrected chi connectivity index (χ0v) is 22.4. The molecule has 204 valence electrons. The molecule has 4 rings (SSSR count). The largest absolute Gasteiger partial charge is 0.507 e. The average molecular weight is 534 g/mol. The summed E-state index contributed by atoms with van der Waals surface area (Å²) in [5.74, 6) is -0.549. The number of methoxy groups -OCH3 is 1. The summed E-state index contributed by atoms with van der Waals surface area (Å²) in [6, 6.07) is 16.7. The first kappa shape index (κ1) is 27.7. The lowest BCUT2D eigenvalue weighted by Gasteiger charge is -2.26. The van der Waals surface area contributed by atoms with Crippen molar-refractivity contribution in [3.8, 4) is 17.2 Å². The van der Waals surface area contributed by atoms with Crippen molar-refractivity contribution >= 4 is 17.4 Å². The number of Topliss-reactive ketones (excluding diaryl/α,β-unsaturated/α-hetero) is 1. The van der Waals surface area contributed by atoms with Gasteiger partial charge in [-0.2, -0.15) is 0 Å². The zero-order chi connectivity index (χ0) is 28.1. The maximum absolute atomic E-state index is 13.5. The van der Waals surface area contributed by atoms with Gasteiger partial charge in [-0.15, -0.1) is 0 Å².